The van der Waals surface area contributed by atoms with Crippen molar-refractivity contribution in [2.75, 3.05) is 19.6 Å². The lowest BCUT2D eigenvalue weighted by molar-refractivity contribution is -0.146. The lowest BCUT2D eigenvalue weighted by Gasteiger charge is -2.24. The molecule has 0 aromatic rings. The van der Waals surface area contributed by atoms with Gasteiger partial charge >= 0.3 is 12.0 Å². The van der Waals surface area contributed by atoms with E-state index in [1.165, 1.54) is 0 Å². The summed E-state index contributed by atoms with van der Waals surface area (Å²) in [4.78, 5) is 24.5. The molecule has 5 nitrogen and oxygen atoms in total. The summed E-state index contributed by atoms with van der Waals surface area (Å²) >= 11 is 0. The molecular weight excluding hydrogens is 220 g/mol. The minimum atomic E-state index is -0.926. The minimum absolute atomic E-state index is 0.151. The molecule has 0 bridgehead atoms. The SMILES string of the molecule is CC1(C)CCN(C(=O)NCC(C)(C)C(=O)O)C1. The van der Waals surface area contributed by atoms with Crippen LogP contribution in [-0.4, -0.2) is 41.6 Å². The van der Waals surface area contributed by atoms with Gasteiger partial charge in [-0.25, -0.2) is 4.79 Å². The number of nitrogens with one attached hydrogen (secondary N) is 1. The summed E-state index contributed by atoms with van der Waals surface area (Å²) in [5.74, 6) is -0.903. The van der Waals surface area contributed by atoms with Crippen LogP contribution < -0.4 is 5.32 Å². The Hall–Kier alpha value is -1.26. The van der Waals surface area contributed by atoms with Crippen molar-refractivity contribution in [3.63, 3.8) is 0 Å². The lowest BCUT2D eigenvalue weighted by Crippen LogP contribution is -2.45. The zero-order valence-corrected chi connectivity index (χ0v) is 11.0. The molecule has 0 atom stereocenters. The number of carboxylic acids is 1. The van der Waals surface area contributed by atoms with Gasteiger partial charge in [-0.15, -0.1) is 0 Å². The van der Waals surface area contributed by atoms with E-state index in [0.29, 0.717) is 0 Å². The Morgan fingerprint density at radius 3 is 2.41 bits per heavy atom. The van der Waals surface area contributed by atoms with Crippen molar-refractivity contribution in [3.05, 3.63) is 0 Å². The Labute approximate surface area is 102 Å². The van der Waals surface area contributed by atoms with Crippen LogP contribution in [0.3, 0.4) is 0 Å². The number of rotatable bonds is 3. The first kappa shape index (κ1) is 13.8. The standard InChI is InChI=1S/C12H22N2O3/c1-11(2)5-6-14(8-11)10(17)13-7-12(3,4)9(15)16/h5-8H2,1-4H3,(H,13,17)(H,15,16). The Morgan fingerprint density at radius 1 is 1.41 bits per heavy atom. The predicted octanol–water partition coefficient (Wildman–Crippen LogP) is 1.54. The fourth-order valence-corrected chi connectivity index (χ4v) is 1.77. The second-order valence-corrected chi connectivity index (χ2v) is 6.18. The number of carboxylic acid groups (broad SMARTS) is 1. The molecule has 1 rings (SSSR count). The molecule has 1 fully saturated rings. The quantitative estimate of drug-likeness (QED) is 0.788. The van der Waals surface area contributed by atoms with Gasteiger partial charge < -0.3 is 15.3 Å². The van der Waals surface area contributed by atoms with Crippen LogP contribution in [0.2, 0.25) is 0 Å². The Bertz CT molecular complexity index is 324. The smallest absolute Gasteiger partial charge is 0.317 e. The van der Waals surface area contributed by atoms with E-state index in [0.717, 1.165) is 19.5 Å². The Morgan fingerprint density at radius 2 is 2.00 bits per heavy atom. The van der Waals surface area contributed by atoms with Crippen molar-refractivity contribution < 1.29 is 14.7 Å². The number of urea groups is 1. The van der Waals surface area contributed by atoms with Crippen molar-refractivity contribution in [1.29, 1.82) is 0 Å². The average Bonchev–Trinajstić information content (AvgIpc) is 2.55. The maximum absolute atomic E-state index is 11.8. The normalized spacial score (nSPS) is 19.2. The van der Waals surface area contributed by atoms with E-state index in [-0.39, 0.29) is 18.0 Å². The summed E-state index contributed by atoms with van der Waals surface area (Å²) in [5, 5.41) is 11.6. The van der Waals surface area contributed by atoms with E-state index in [1.54, 1.807) is 18.7 Å². The van der Waals surface area contributed by atoms with Gasteiger partial charge in [-0.1, -0.05) is 13.8 Å². The topological polar surface area (TPSA) is 69.6 Å². The maximum atomic E-state index is 11.8. The van der Waals surface area contributed by atoms with E-state index >= 15 is 0 Å². The molecule has 1 heterocycles. The number of carbonyl (C=O) groups is 2. The van der Waals surface area contributed by atoms with Crippen LogP contribution in [0, 0.1) is 10.8 Å². The fraction of sp³-hybridized carbons (Fsp3) is 0.833. The van der Waals surface area contributed by atoms with E-state index < -0.39 is 11.4 Å². The number of nitrogens with zero attached hydrogens (tertiary/aromatic N) is 1. The molecule has 0 saturated carbocycles. The van der Waals surface area contributed by atoms with Crippen molar-refractivity contribution >= 4 is 12.0 Å². The molecule has 0 aromatic heterocycles. The molecule has 0 spiro atoms. The predicted molar refractivity (Wildman–Crippen MR) is 64.8 cm³/mol. The third-order valence-corrected chi connectivity index (χ3v) is 3.23. The average molecular weight is 242 g/mol. The molecule has 17 heavy (non-hydrogen) atoms. The molecule has 1 aliphatic heterocycles. The number of hydrogen-bond acceptors (Lipinski definition) is 2. The molecule has 98 valence electrons. The van der Waals surface area contributed by atoms with Crippen LogP contribution in [0.5, 0.6) is 0 Å². The summed E-state index contributed by atoms with van der Waals surface area (Å²) < 4.78 is 0. The van der Waals surface area contributed by atoms with Gasteiger partial charge in [-0.3, -0.25) is 4.79 Å². The second kappa shape index (κ2) is 4.55. The van der Waals surface area contributed by atoms with Gasteiger partial charge in [0.05, 0.1) is 5.41 Å². The van der Waals surface area contributed by atoms with E-state index in [1.807, 2.05) is 0 Å². The molecule has 1 saturated heterocycles. The number of likely N-dealkylation sites (tertiary alicyclic amines) is 1. The van der Waals surface area contributed by atoms with Crippen LogP contribution in [0.1, 0.15) is 34.1 Å². The van der Waals surface area contributed by atoms with E-state index in [4.69, 9.17) is 5.11 Å². The highest BCUT2D eigenvalue weighted by atomic mass is 16.4. The second-order valence-electron chi connectivity index (χ2n) is 6.18. The summed E-state index contributed by atoms with van der Waals surface area (Å²) in [6, 6.07) is -0.162. The summed E-state index contributed by atoms with van der Waals surface area (Å²) in [5.41, 5.74) is -0.759. The molecule has 0 aromatic carbocycles. The summed E-state index contributed by atoms with van der Waals surface area (Å²) in [7, 11) is 0. The third kappa shape index (κ3) is 3.61. The molecule has 2 N–H and O–H groups in total. The molecule has 0 aliphatic carbocycles. The van der Waals surface area contributed by atoms with E-state index in [2.05, 4.69) is 19.2 Å². The number of carbonyl (C=O) groups excluding carboxylic acids is 1. The largest absolute Gasteiger partial charge is 0.481 e. The monoisotopic (exact) mass is 242 g/mol. The van der Waals surface area contributed by atoms with Crippen LogP contribution >= 0.6 is 0 Å². The van der Waals surface area contributed by atoms with Gasteiger partial charge in [0.25, 0.3) is 0 Å². The van der Waals surface area contributed by atoms with Crippen LogP contribution in [-0.2, 0) is 4.79 Å². The van der Waals surface area contributed by atoms with Gasteiger partial charge in [-0.2, -0.15) is 0 Å². The summed E-state index contributed by atoms with van der Waals surface area (Å²) in [6.45, 7) is 9.08. The Balaban J connectivity index is 2.44. The highest BCUT2D eigenvalue weighted by molar-refractivity contribution is 5.77. The van der Waals surface area contributed by atoms with Gasteiger partial charge in [-0.05, 0) is 25.7 Å². The summed E-state index contributed by atoms with van der Waals surface area (Å²) in [6.07, 6.45) is 0.989. The Kier molecular flexibility index (Phi) is 3.69. The zero-order chi connectivity index (χ0) is 13.3. The van der Waals surface area contributed by atoms with Gasteiger partial charge in [0, 0.05) is 19.6 Å². The molecule has 0 unspecified atom stereocenters. The first-order valence-corrected chi connectivity index (χ1v) is 5.90. The highest BCUT2D eigenvalue weighted by Crippen LogP contribution is 2.28. The third-order valence-electron chi connectivity index (χ3n) is 3.23. The van der Waals surface area contributed by atoms with Crippen LogP contribution in [0.25, 0.3) is 0 Å². The van der Waals surface area contributed by atoms with Gasteiger partial charge in [0.2, 0.25) is 0 Å². The van der Waals surface area contributed by atoms with Crippen LogP contribution in [0.4, 0.5) is 4.79 Å². The molecule has 1 aliphatic rings. The number of hydrogen-bond donors (Lipinski definition) is 2. The van der Waals surface area contributed by atoms with Crippen molar-refractivity contribution in [1.82, 2.24) is 10.2 Å². The number of aliphatic carboxylic acids is 1. The van der Waals surface area contributed by atoms with Crippen molar-refractivity contribution in [2.24, 2.45) is 10.8 Å². The fourth-order valence-electron chi connectivity index (χ4n) is 1.77. The van der Waals surface area contributed by atoms with Gasteiger partial charge in [0.1, 0.15) is 0 Å². The molecule has 5 heteroatoms. The number of amides is 2. The minimum Gasteiger partial charge on any atom is -0.481 e. The van der Waals surface area contributed by atoms with Crippen molar-refractivity contribution in [3.8, 4) is 0 Å². The zero-order valence-electron chi connectivity index (χ0n) is 11.0. The molecular formula is C12H22N2O3. The first-order valence-electron chi connectivity index (χ1n) is 5.90. The van der Waals surface area contributed by atoms with Crippen molar-refractivity contribution in [2.45, 2.75) is 34.1 Å². The van der Waals surface area contributed by atoms with Crippen LogP contribution in [0.15, 0.2) is 0 Å². The maximum Gasteiger partial charge on any atom is 0.317 e. The lowest BCUT2D eigenvalue weighted by atomic mass is 9.93. The van der Waals surface area contributed by atoms with E-state index in [9.17, 15) is 9.59 Å². The highest BCUT2D eigenvalue weighted by Gasteiger charge is 2.33. The van der Waals surface area contributed by atoms with Gasteiger partial charge in [0.15, 0.2) is 0 Å². The molecule has 2 amide bonds. The first-order chi connectivity index (χ1) is 7.64. The molecule has 0 radical (unpaired) electrons.